The minimum Gasteiger partial charge on any atom is -0.378 e. The fraction of sp³-hybridized carbons (Fsp3) is 0.333. The Kier molecular flexibility index (Phi) is 14.0. The molecule has 216 valence electrons. The van der Waals surface area contributed by atoms with Crippen LogP contribution in [0.1, 0.15) is 11.1 Å². The van der Waals surface area contributed by atoms with Crippen LogP contribution in [-0.2, 0) is 17.9 Å². The second kappa shape index (κ2) is 16.6. The van der Waals surface area contributed by atoms with Gasteiger partial charge in [0.05, 0.1) is 16.0 Å². The summed E-state index contributed by atoms with van der Waals surface area (Å²) in [5.74, 6) is 0.429. The molecule has 0 saturated heterocycles. The lowest BCUT2D eigenvalue weighted by atomic mass is 10.2. The maximum absolute atomic E-state index is 11.2. The molecule has 0 spiro atoms. The monoisotopic (exact) mass is 595 g/mol. The first kappa shape index (κ1) is 33.7. The van der Waals surface area contributed by atoms with Gasteiger partial charge in [0.15, 0.2) is 5.82 Å². The summed E-state index contributed by atoms with van der Waals surface area (Å²) in [7, 11) is 9.86. The molecule has 2 aromatic rings. The first-order chi connectivity index (χ1) is 18.8. The molecule has 0 aliphatic carbocycles. The Balaban J connectivity index is 0.000000402. The van der Waals surface area contributed by atoms with Gasteiger partial charge >= 0.3 is 11.4 Å². The van der Waals surface area contributed by atoms with E-state index in [0.29, 0.717) is 29.2 Å². The topological polar surface area (TPSA) is 163 Å². The molecule has 16 heteroatoms. The van der Waals surface area contributed by atoms with Crippen LogP contribution in [0, 0.1) is 20.2 Å². The van der Waals surface area contributed by atoms with Gasteiger partial charge in [0.2, 0.25) is 12.1 Å². The predicted molar refractivity (Wildman–Crippen MR) is 153 cm³/mol. The molecule has 0 aliphatic rings. The highest BCUT2D eigenvalue weighted by molar-refractivity contribution is 6.29. The maximum atomic E-state index is 11.2. The van der Waals surface area contributed by atoms with Crippen molar-refractivity contribution in [1.82, 2.24) is 30.0 Å². The van der Waals surface area contributed by atoms with Crippen LogP contribution in [0.3, 0.4) is 0 Å². The molecule has 0 atom stereocenters. The van der Waals surface area contributed by atoms with Gasteiger partial charge in [0.1, 0.15) is 10.3 Å². The third-order valence-corrected chi connectivity index (χ3v) is 5.41. The number of amidine groups is 1. The lowest BCUT2D eigenvalue weighted by molar-refractivity contribution is -0.419. The van der Waals surface area contributed by atoms with Gasteiger partial charge in [0, 0.05) is 67.8 Å². The van der Waals surface area contributed by atoms with Crippen molar-refractivity contribution in [2.45, 2.75) is 13.1 Å². The van der Waals surface area contributed by atoms with E-state index >= 15 is 0 Å². The van der Waals surface area contributed by atoms with E-state index in [4.69, 9.17) is 23.2 Å². The lowest BCUT2D eigenvalue weighted by Gasteiger charge is -2.21. The van der Waals surface area contributed by atoms with Gasteiger partial charge in [-0.2, -0.15) is 0 Å². The van der Waals surface area contributed by atoms with Gasteiger partial charge in [-0.1, -0.05) is 35.3 Å². The van der Waals surface area contributed by atoms with Gasteiger partial charge in [-0.05, 0) is 23.3 Å². The Morgan fingerprint density at radius 2 is 1.45 bits per heavy atom. The number of hydrogen-bond acceptors (Lipinski definition) is 11. The maximum Gasteiger partial charge on any atom is 0.348 e. The summed E-state index contributed by atoms with van der Waals surface area (Å²) in [6.45, 7) is 0.793. The zero-order valence-electron chi connectivity index (χ0n) is 22.9. The molecule has 0 radical (unpaired) electrons. The number of hydrogen-bond donors (Lipinski definition) is 1. The number of carbonyl (C=O) groups excluding carboxylic acids is 1. The van der Waals surface area contributed by atoms with Crippen LogP contribution in [0.15, 0.2) is 65.1 Å². The second-order valence-electron chi connectivity index (χ2n) is 8.33. The highest BCUT2D eigenvalue weighted by Gasteiger charge is 2.23. The highest BCUT2D eigenvalue weighted by Crippen LogP contribution is 2.13. The van der Waals surface area contributed by atoms with Crippen LogP contribution in [0.4, 0.5) is 0 Å². The van der Waals surface area contributed by atoms with Gasteiger partial charge in [-0.15, -0.1) is 0 Å². The molecule has 14 nitrogen and oxygen atoms in total. The number of nitrogens with zero attached hydrogens (tertiary/aromatic N) is 8. The minimum absolute atomic E-state index is 0.0630. The number of aldehydes is 1. The number of aliphatic imine (C=N–C) groups is 1. The first-order valence-electron chi connectivity index (χ1n) is 11.5. The minimum atomic E-state index is -0.727. The molecule has 0 saturated carbocycles. The van der Waals surface area contributed by atoms with Crippen LogP contribution < -0.4 is 5.32 Å². The van der Waals surface area contributed by atoms with Crippen LogP contribution in [0.5, 0.6) is 0 Å². The number of allylic oxidation sites excluding steroid dienone is 1. The van der Waals surface area contributed by atoms with Gasteiger partial charge < -0.3 is 20.0 Å². The number of nitro groups is 2. The van der Waals surface area contributed by atoms with Gasteiger partial charge in [-0.25, -0.2) is 9.97 Å². The first-order valence-corrected chi connectivity index (χ1v) is 12.2. The van der Waals surface area contributed by atoms with Crippen LogP contribution in [-0.4, -0.2) is 88.9 Å². The Hall–Kier alpha value is -4.30. The van der Waals surface area contributed by atoms with Crippen molar-refractivity contribution in [3.05, 3.63) is 102 Å². The van der Waals surface area contributed by atoms with Crippen LogP contribution in [0.2, 0.25) is 10.3 Å². The summed E-state index contributed by atoms with van der Waals surface area (Å²) >= 11 is 11.4. The predicted octanol–water partition coefficient (Wildman–Crippen LogP) is 2.91. The van der Waals surface area contributed by atoms with Crippen molar-refractivity contribution >= 4 is 35.3 Å². The van der Waals surface area contributed by atoms with E-state index in [0.717, 1.165) is 11.1 Å². The number of likely N-dealkylation sites (N-methyl/N-ethyl adjacent to an activating group) is 1. The van der Waals surface area contributed by atoms with Crippen molar-refractivity contribution in [1.29, 1.82) is 0 Å². The Morgan fingerprint density at radius 1 is 0.950 bits per heavy atom. The van der Waals surface area contributed by atoms with Gasteiger partial charge in [0.25, 0.3) is 0 Å². The fourth-order valence-electron chi connectivity index (χ4n) is 3.31. The molecular formula is C24H31Cl2N9O5. The molecule has 0 aromatic carbocycles. The molecule has 40 heavy (non-hydrogen) atoms. The number of rotatable bonds is 11. The zero-order chi connectivity index (χ0) is 30.4. The molecule has 2 rings (SSSR count). The Labute approximate surface area is 241 Å². The van der Waals surface area contributed by atoms with E-state index < -0.39 is 15.5 Å². The summed E-state index contributed by atoms with van der Waals surface area (Å²) in [6.07, 6.45) is 4.84. The third-order valence-electron chi connectivity index (χ3n) is 4.97. The summed E-state index contributed by atoms with van der Waals surface area (Å²) in [4.78, 5) is 48.3. The number of pyridine rings is 2. The van der Waals surface area contributed by atoms with E-state index in [1.165, 1.54) is 20.3 Å². The largest absolute Gasteiger partial charge is 0.378 e. The lowest BCUT2D eigenvalue weighted by Crippen LogP contribution is -2.31. The van der Waals surface area contributed by atoms with Gasteiger partial charge in [-0.3, -0.25) is 30.0 Å². The molecule has 0 unspecified atom stereocenters. The molecule has 0 fully saturated rings. The SMILES string of the molecule is CN/C(=C(/C=O)[N+](=O)[O-])N(C)Cc1ccc(Cl)nc1.CN=C(/C(=C\N(C)C)[N+](=O)[O-])N(C)Cc1ccc(Cl)nc1. The standard InChI is InChI=1S/C13H18ClN5O2.C11H13ClN4O3/c1-15-13(11(19(20)21)9-17(2)3)18(4)8-10-5-6-12(14)16-7-10;1-13-11(9(7-17)16(18)19)15(2)6-8-3-4-10(12)14-5-8/h5-7,9H,8H2,1-4H3;3-5,7,13H,6H2,1-2H3/b11-9+,15-13?;11-9+. The molecular weight excluding hydrogens is 565 g/mol. The van der Waals surface area contributed by atoms with Crippen LogP contribution in [0.25, 0.3) is 0 Å². The summed E-state index contributed by atoms with van der Waals surface area (Å²) in [5.41, 5.74) is 1.11. The van der Waals surface area contributed by atoms with Crippen molar-refractivity contribution in [2.24, 2.45) is 4.99 Å². The molecule has 0 amide bonds. The second-order valence-corrected chi connectivity index (χ2v) is 9.11. The molecule has 2 heterocycles. The summed E-state index contributed by atoms with van der Waals surface area (Å²) < 4.78 is 0. The van der Waals surface area contributed by atoms with E-state index in [2.05, 4.69) is 20.3 Å². The van der Waals surface area contributed by atoms with Crippen molar-refractivity contribution in [3.8, 4) is 0 Å². The molecule has 0 bridgehead atoms. The average Bonchev–Trinajstić information content (AvgIpc) is 2.89. The van der Waals surface area contributed by atoms with E-state index in [-0.39, 0.29) is 17.8 Å². The molecule has 0 aliphatic heterocycles. The molecule has 1 N–H and O–H groups in total. The van der Waals surface area contributed by atoms with Crippen LogP contribution >= 0.6 is 23.2 Å². The summed E-state index contributed by atoms with van der Waals surface area (Å²) in [6, 6.07) is 6.88. The molecule has 2 aromatic heterocycles. The zero-order valence-corrected chi connectivity index (χ0v) is 24.4. The van der Waals surface area contributed by atoms with E-state index in [1.54, 1.807) is 73.5 Å². The van der Waals surface area contributed by atoms with Crippen molar-refractivity contribution in [2.75, 3.05) is 42.3 Å². The van der Waals surface area contributed by atoms with Crippen molar-refractivity contribution < 1.29 is 14.6 Å². The normalized spacial score (nSPS) is 11.9. The number of aromatic nitrogens is 2. The number of nitrogens with one attached hydrogen (secondary N) is 1. The van der Waals surface area contributed by atoms with Crippen molar-refractivity contribution in [3.63, 3.8) is 0 Å². The quantitative estimate of drug-likeness (QED) is 0.0772. The smallest absolute Gasteiger partial charge is 0.348 e. The Morgan fingerprint density at radius 3 is 1.77 bits per heavy atom. The average molecular weight is 596 g/mol. The van der Waals surface area contributed by atoms with E-state index in [9.17, 15) is 25.0 Å². The fourth-order valence-corrected chi connectivity index (χ4v) is 3.54. The third kappa shape index (κ3) is 10.8. The highest BCUT2D eigenvalue weighted by atomic mass is 35.5. The number of carbonyl (C=O) groups is 1. The number of halogens is 2. The summed E-state index contributed by atoms with van der Waals surface area (Å²) in [5, 5.41) is 25.4. The Bertz CT molecular complexity index is 1250. The van der Waals surface area contributed by atoms with E-state index in [1.807, 2.05) is 6.07 Å².